The molecule has 4 heteroatoms. The summed E-state index contributed by atoms with van der Waals surface area (Å²) < 4.78 is 0. The number of benzene rings is 1. The summed E-state index contributed by atoms with van der Waals surface area (Å²) in [4.78, 5) is 25.0. The molecule has 1 atom stereocenters. The van der Waals surface area contributed by atoms with Gasteiger partial charge in [-0.2, -0.15) is 0 Å². The number of fused-ring (bicyclic) bond motifs is 1. The number of hydrogen-bond donors (Lipinski definition) is 1. The number of amides is 2. The van der Waals surface area contributed by atoms with Crippen molar-refractivity contribution in [2.24, 2.45) is 0 Å². The van der Waals surface area contributed by atoms with Crippen LogP contribution in [0.5, 0.6) is 0 Å². The van der Waals surface area contributed by atoms with Crippen LogP contribution < -0.4 is 10.2 Å². The summed E-state index contributed by atoms with van der Waals surface area (Å²) in [6.07, 6.45) is 0. The molecule has 0 bridgehead atoms. The minimum absolute atomic E-state index is 0.103. The van der Waals surface area contributed by atoms with Crippen LogP contribution in [0.25, 0.3) is 0 Å². The maximum absolute atomic E-state index is 11.8. The third kappa shape index (κ3) is 1.48. The van der Waals surface area contributed by atoms with Crippen LogP contribution in [0.4, 0.5) is 5.69 Å². The molecule has 0 spiro atoms. The van der Waals surface area contributed by atoms with Crippen LogP contribution in [0.2, 0.25) is 0 Å². The van der Waals surface area contributed by atoms with Crippen molar-refractivity contribution < 1.29 is 9.59 Å². The van der Waals surface area contributed by atoms with E-state index >= 15 is 0 Å². The van der Waals surface area contributed by atoms with Gasteiger partial charge in [-0.05, 0) is 19.1 Å². The van der Waals surface area contributed by atoms with Gasteiger partial charge in [-0.3, -0.25) is 9.59 Å². The van der Waals surface area contributed by atoms with Gasteiger partial charge >= 0.3 is 0 Å². The molecule has 4 nitrogen and oxygen atoms in total. The number of likely N-dealkylation sites (N-methyl/N-ethyl adjacent to an activating group) is 1. The van der Waals surface area contributed by atoms with Crippen LogP contribution in [-0.2, 0) is 4.79 Å². The predicted octanol–water partition coefficient (Wildman–Crippen LogP) is 0.781. The Bertz CT molecular complexity index is 428. The number of nitrogens with one attached hydrogen (secondary N) is 1. The first-order valence-corrected chi connectivity index (χ1v) is 4.78. The molecule has 0 radical (unpaired) electrons. The van der Waals surface area contributed by atoms with Gasteiger partial charge in [0.1, 0.15) is 6.04 Å². The molecule has 1 N–H and O–H groups in total. The fraction of sp³-hybridized carbons (Fsp3) is 0.273. The molecule has 78 valence electrons. The van der Waals surface area contributed by atoms with E-state index < -0.39 is 6.04 Å². The molecule has 2 amide bonds. The molecular weight excluding hydrogens is 192 g/mol. The van der Waals surface area contributed by atoms with Gasteiger partial charge in [0.2, 0.25) is 5.91 Å². The fourth-order valence-electron chi connectivity index (χ4n) is 1.70. The lowest BCUT2D eigenvalue weighted by Gasteiger charge is -2.18. The average Bonchev–Trinajstić information content (AvgIpc) is 2.33. The third-order valence-electron chi connectivity index (χ3n) is 2.56. The first-order chi connectivity index (χ1) is 7.11. The van der Waals surface area contributed by atoms with Crippen LogP contribution in [0.1, 0.15) is 17.3 Å². The second-order valence-corrected chi connectivity index (χ2v) is 3.61. The van der Waals surface area contributed by atoms with Gasteiger partial charge in [0.25, 0.3) is 5.91 Å². The summed E-state index contributed by atoms with van der Waals surface area (Å²) in [5, 5.41) is 2.65. The number of rotatable bonds is 0. The van der Waals surface area contributed by atoms with Crippen LogP contribution in [-0.4, -0.2) is 24.9 Å². The molecule has 2 rings (SSSR count). The summed E-state index contributed by atoms with van der Waals surface area (Å²) >= 11 is 0. The summed E-state index contributed by atoms with van der Waals surface area (Å²) in [5.74, 6) is -0.302. The van der Waals surface area contributed by atoms with Crippen molar-refractivity contribution in [3.63, 3.8) is 0 Å². The highest BCUT2D eigenvalue weighted by atomic mass is 16.2. The van der Waals surface area contributed by atoms with Crippen LogP contribution in [0.3, 0.4) is 0 Å². The maximum Gasteiger partial charge on any atom is 0.254 e. The van der Waals surface area contributed by atoms with E-state index in [-0.39, 0.29) is 11.8 Å². The molecule has 0 aromatic heterocycles. The van der Waals surface area contributed by atoms with Gasteiger partial charge in [0.15, 0.2) is 0 Å². The molecule has 0 fully saturated rings. The van der Waals surface area contributed by atoms with Crippen molar-refractivity contribution >= 4 is 17.5 Å². The Morgan fingerprint density at radius 2 is 1.93 bits per heavy atom. The van der Waals surface area contributed by atoms with E-state index in [2.05, 4.69) is 5.32 Å². The molecule has 0 unspecified atom stereocenters. The van der Waals surface area contributed by atoms with Crippen LogP contribution in [0, 0.1) is 0 Å². The highest BCUT2D eigenvalue weighted by molar-refractivity contribution is 6.10. The smallest absolute Gasteiger partial charge is 0.254 e. The second-order valence-electron chi connectivity index (χ2n) is 3.61. The Morgan fingerprint density at radius 3 is 2.67 bits per heavy atom. The molecule has 0 saturated carbocycles. The number of carbonyl (C=O) groups is 2. The Kier molecular flexibility index (Phi) is 2.19. The highest BCUT2D eigenvalue weighted by Crippen LogP contribution is 2.22. The molecule has 1 aliphatic heterocycles. The van der Waals surface area contributed by atoms with E-state index in [9.17, 15) is 9.59 Å². The molecule has 1 aliphatic rings. The lowest BCUT2D eigenvalue weighted by Crippen LogP contribution is -2.42. The van der Waals surface area contributed by atoms with Crippen LogP contribution >= 0.6 is 0 Å². The summed E-state index contributed by atoms with van der Waals surface area (Å²) in [6, 6.07) is 6.60. The number of carbonyl (C=O) groups excluding carboxylic acids is 2. The van der Waals surface area contributed by atoms with Gasteiger partial charge in [-0.1, -0.05) is 12.1 Å². The Labute approximate surface area is 87.9 Å². The summed E-state index contributed by atoms with van der Waals surface area (Å²) in [6.45, 7) is 1.68. The lowest BCUT2D eigenvalue weighted by atomic mass is 10.1. The minimum atomic E-state index is -0.477. The quantitative estimate of drug-likeness (QED) is 0.679. The number of anilines is 1. The Balaban J connectivity index is 2.57. The van der Waals surface area contributed by atoms with Crippen molar-refractivity contribution in [1.29, 1.82) is 0 Å². The molecule has 1 aromatic carbocycles. The van der Waals surface area contributed by atoms with E-state index in [4.69, 9.17) is 0 Å². The first kappa shape index (κ1) is 9.71. The highest BCUT2D eigenvalue weighted by Gasteiger charge is 2.28. The van der Waals surface area contributed by atoms with Gasteiger partial charge in [-0.25, -0.2) is 0 Å². The molecule has 1 aromatic rings. The summed E-state index contributed by atoms with van der Waals surface area (Å²) in [5.41, 5.74) is 1.20. The summed E-state index contributed by atoms with van der Waals surface area (Å²) in [7, 11) is 1.68. The zero-order valence-electron chi connectivity index (χ0n) is 8.65. The van der Waals surface area contributed by atoms with Crippen LogP contribution in [0.15, 0.2) is 24.3 Å². The zero-order chi connectivity index (χ0) is 11.0. The monoisotopic (exact) mass is 204 g/mol. The van der Waals surface area contributed by atoms with Crippen molar-refractivity contribution in [1.82, 2.24) is 5.32 Å². The Morgan fingerprint density at radius 1 is 1.27 bits per heavy atom. The number of hydrogen-bond acceptors (Lipinski definition) is 2. The normalized spacial score (nSPS) is 20.7. The van der Waals surface area contributed by atoms with Crippen molar-refractivity contribution in [2.45, 2.75) is 13.0 Å². The molecule has 15 heavy (non-hydrogen) atoms. The van der Waals surface area contributed by atoms with E-state index in [0.717, 1.165) is 0 Å². The molecule has 0 aliphatic carbocycles. The van der Waals surface area contributed by atoms with Crippen molar-refractivity contribution in [2.75, 3.05) is 11.9 Å². The Hall–Kier alpha value is -1.84. The molecule has 1 heterocycles. The topological polar surface area (TPSA) is 49.4 Å². The van der Waals surface area contributed by atoms with Crippen molar-refractivity contribution in [3.8, 4) is 0 Å². The standard InChI is InChI=1S/C11H12N2O2/c1-7-11(15)13(2)9-6-4-3-5-8(9)10(14)12-7/h3-7H,1-2H3,(H,12,14)/t7-/m0/s1. The average molecular weight is 204 g/mol. The fourth-order valence-corrected chi connectivity index (χ4v) is 1.70. The third-order valence-corrected chi connectivity index (χ3v) is 2.56. The zero-order valence-corrected chi connectivity index (χ0v) is 8.65. The largest absolute Gasteiger partial charge is 0.340 e. The SMILES string of the molecule is C[C@@H]1NC(=O)c2ccccc2N(C)C1=O. The lowest BCUT2D eigenvalue weighted by molar-refractivity contribution is -0.119. The number of nitrogens with zero attached hydrogens (tertiary/aromatic N) is 1. The van der Waals surface area contributed by atoms with E-state index in [0.29, 0.717) is 11.3 Å². The van der Waals surface area contributed by atoms with Gasteiger partial charge in [-0.15, -0.1) is 0 Å². The van der Waals surface area contributed by atoms with E-state index in [1.165, 1.54) is 4.90 Å². The molecule has 0 saturated heterocycles. The maximum atomic E-state index is 11.8. The number of para-hydroxylation sites is 1. The minimum Gasteiger partial charge on any atom is -0.340 e. The predicted molar refractivity (Wildman–Crippen MR) is 56.8 cm³/mol. The van der Waals surface area contributed by atoms with E-state index in [1.54, 1.807) is 32.2 Å². The van der Waals surface area contributed by atoms with E-state index in [1.807, 2.05) is 6.07 Å². The first-order valence-electron chi connectivity index (χ1n) is 4.78. The second kappa shape index (κ2) is 3.38. The van der Waals surface area contributed by atoms with Crippen molar-refractivity contribution in [3.05, 3.63) is 29.8 Å². The molecular formula is C11H12N2O2. The van der Waals surface area contributed by atoms with Gasteiger partial charge in [0.05, 0.1) is 11.3 Å². The van der Waals surface area contributed by atoms with Gasteiger partial charge < -0.3 is 10.2 Å². The van der Waals surface area contributed by atoms with Gasteiger partial charge in [0, 0.05) is 7.05 Å².